The van der Waals surface area contributed by atoms with E-state index in [2.05, 4.69) is 20.6 Å². The highest BCUT2D eigenvalue weighted by Crippen LogP contribution is 2.21. The summed E-state index contributed by atoms with van der Waals surface area (Å²) >= 11 is 5.88. The second kappa shape index (κ2) is 7.14. The van der Waals surface area contributed by atoms with Gasteiger partial charge in [0.1, 0.15) is 0 Å². The topological polar surface area (TPSA) is 80.0 Å². The molecule has 0 radical (unpaired) electrons. The van der Waals surface area contributed by atoms with Crippen molar-refractivity contribution in [2.24, 2.45) is 0 Å². The minimum absolute atomic E-state index is 0.162. The van der Waals surface area contributed by atoms with Crippen molar-refractivity contribution in [1.82, 2.24) is 15.3 Å². The molecule has 3 rings (SSSR count). The number of amides is 2. The largest absolute Gasteiger partial charge is 0.439 e. The zero-order chi connectivity index (χ0) is 16.9. The summed E-state index contributed by atoms with van der Waals surface area (Å²) in [6.07, 6.45) is 3.18. The van der Waals surface area contributed by atoms with E-state index >= 15 is 0 Å². The van der Waals surface area contributed by atoms with E-state index in [1.54, 1.807) is 24.5 Å². The number of hydrogen-bond donors (Lipinski definition) is 2. The van der Waals surface area contributed by atoms with Crippen LogP contribution in [0.4, 0.5) is 10.5 Å². The molecule has 0 aliphatic heterocycles. The fourth-order valence-electron chi connectivity index (χ4n) is 2.04. The molecule has 3 aromatic rings. The Hall–Kier alpha value is -2.86. The highest BCUT2D eigenvalue weighted by atomic mass is 35.5. The molecule has 2 amide bonds. The van der Waals surface area contributed by atoms with Gasteiger partial charge in [-0.1, -0.05) is 41.4 Å². The summed E-state index contributed by atoms with van der Waals surface area (Å²) in [5.74, 6) is 1.07. The number of rotatable bonds is 4. The summed E-state index contributed by atoms with van der Waals surface area (Å²) in [5.41, 5.74) is 2.54. The highest BCUT2D eigenvalue weighted by Gasteiger charge is 2.09. The van der Waals surface area contributed by atoms with Gasteiger partial charge in [-0.05, 0) is 19.1 Å². The number of aryl methyl sites for hydroxylation is 1. The Labute approximate surface area is 143 Å². The molecule has 6 nitrogen and oxygen atoms in total. The number of aromatic nitrogens is 2. The zero-order valence-corrected chi connectivity index (χ0v) is 13.7. The molecule has 2 aromatic heterocycles. The number of carbonyl (C=O) groups excluding carboxylic acids is 1. The minimum Gasteiger partial charge on any atom is -0.439 e. The quantitative estimate of drug-likeness (QED) is 0.702. The first-order valence-electron chi connectivity index (χ1n) is 7.29. The van der Waals surface area contributed by atoms with E-state index < -0.39 is 6.03 Å². The molecular weight excluding hydrogens is 328 g/mol. The molecule has 2 heterocycles. The molecule has 1 aromatic carbocycles. The van der Waals surface area contributed by atoms with Gasteiger partial charge < -0.3 is 15.1 Å². The highest BCUT2D eigenvalue weighted by molar-refractivity contribution is 6.32. The third-order valence-electron chi connectivity index (χ3n) is 3.30. The van der Waals surface area contributed by atoms with Gasteiger partial charge in [0.15, 0.2) is 10.9 Å². The molecule has 0 saturated heterocycles. The number of oxazole rings is 1. The van der Waals surface area contributed by atoms with Gasteiger partial charge in [-0.25, -0.2) is 14.8 Å². The summed E-state index contributed by atoms with van der Waals surface area (Å²) in [4.78, 5) is 19.9. The standard InChI is InChI=1S/C17H15ClN4O2/c1-11-4-6-12(7-5-11)14-9-20-15(24-14)10-21-17(23)22-13-3-2-8-19-16(13)18/h2-9H,10H2,1H3,(H2,21,22,23). The summed E-state index contributed by atoms with van der Waals surface area (Å²) in [7, 11) is 0. The van der Waals surface area contributed by atoms with Crippen LogP contribution in [0.2, 0.25) is 5.15 Å². The molecule has 2 N–H and O–H groups in total. The van der Waals surface area contributed by atoms with E-state index in [9.17, 15) is 4.79 Å². The van der Waals surface area contributed by atoms with Crippen LogP contribution < -0.4 is 10.6 Å². The molecule has 7 heteroatoms. The Morgan fingerprint density at radius 3 is 2.75 bits per heavy atom. The Morgan fingerprint density at radius 1 is 1.21 bits per heavy atom. The van der Waals surface area contributed by atoms with Crippen LogP contribution >= 0.6 is 11.6 Å². The van der Waals surface area contributed by atoms with E-state index in [0.717, 1.165) is 5.56 Å². The average molecular weight is 343 g/mol. The van der Waals surface area contributed by atoms with E-state index in [-0.39, 0.29) is 11.7 Å². The Kier molecular flexibility index (Phi) is 4.77. The number of anilines is 1. The second-order valence-corrected chi connectivity index (χ2v) is 5.49. The fourth-order valence-corrected chi connectivity index (χ4v) is 2.21. The molecule has 24 heavy (non-hydrogen) atoms. The van der Waals surface area contributed by atoms with Crippen LogP contribution in [0.3, 0.4) is 0 Å². The van der Waals surface area contributed by atoms with Gasteiger partial charge in [0.2, 0.25) is 5.89 Å². The lowest BCUT2D eigenvalue weighted by atomic mass is 10.1. The van der Waals surface area contributed by atoms with Crippen molar-refractivity contribution in [3.8, 4) is 11.3 Å². The van der Waals surface area contributed by atoms with Gasteiger partial charge >= 0.3 is 6.03 Å². The summed E-state index contributed by atoms with van der Waals surface area (Å²) in [5, 5.41) is 5.49. The van der Waals surface area contributed by atoms with Gasteiger partial charge in [0, 0.05) is 11.8 Å². The van der Waals surface area contributed by atoms with Crippen LogP contribution in [-0.4, -0.2) is 16.0 Å². The Balaban J connectivity index is 1.58. The second-order valence-electron chi connectivity index (χ2n) is 5.13. The van der Waals surface area contributed by atoms with Gasteiger partial charge in [-0.3, -0.25) is 0 Å². The molecular formula is C17H15ClN4O2. The maximum absolute atomic E-state index is 11.9. The molecule has 0 saturated carbocycles. The molecule has 0 bridgehead atoms. The Bertz CT molecular complexity index is 846. The smallest absolute Gasteiger partial charge is 0.319 e. The molecule has 0 fully saturated rings. The van der Waals surface area contributed by atoms with Crippen molar-refractivity contribution < 1.29 is 9.21 Å². The molecule has 0 aliphatic carbocycles. The summed E-state index contributed by atoms with van der Waals surface area (Å²) in [6, 6.07) is 10.9. The zero-order valence-electron chi connectivity index (χ0n) is 12.9. The van der Waals surface area contributed by atoms with Gasteiger partial charge in [0.25, 0.3) is 0 Å². The third kappa shape index (κ3) is 3.91. The van der Waals surface area contributed by atoms with Crippen LogP contribution in [-0.2, 0) is 6.54 Å². The first-order valence-corrected chi connectivity index (χ1v) is 7.67. The molecule has 0 atom stereocenters. The van der Waals surface area contributed by atoms with E-state index in [0.29, 0.717) is 17.3 Å². The fraction of sp³-hybridized carbons (Fsp3) is 0.118. The van der Waals surface area contributed by atoms with Gasteiger partial charge in [-0.2, -0.15) is 0 Å². The number of carbonyl (C=O) groups is 1. The van der Waals surface area contributed by atoms with Crippen LogP contribution in [0.25, 0.3) is 11.3 Å². The van der Waals surface area contributed by atoms with Crippen molar-refractivity contribution in [2.75, 3.05) is 5.32 Å². The van der Waals surface area contributed by atoms with Crippen molar-refractivity contribution in [1.29, 1.82) is 0 Å². The van der Waals surface area contributed by atoms with Gasteiger partial charge in [-0.15, -0.1) is 0 Å². The monoisotopic (exact) mass is 342 g/mol. The summed E-state index contributed by atoms with van der Waals surface area (Å²) < 4.78 is 5.64. The number of benzene rings is 1. The number of halogens is 1. The lowest BCUT2D eigenvalue weighted by molar-refractivity contribution is 0.250. The number of hydrogen-bond acceptors (Lipinski definition) is 4. The van der Waals surface area contributed by atoms with Crippen LogP contribution in [0.15, 0.2) is 53.2 Å². The summed E-state index contributed by atoms with van der Waals surface area (Å²) in [6.45, 7) is 2.18. The number of nitrogens with zero attached hydrogens (tertiary/aromatic N) is 2. The average Bonchev–Trinajstić information content (AvgIpc) is 3.05. The number of nitrogens with one attached hydrogen (secondary N) is 2. The van der Waals surface area contributed by atoms with Crippen molar-refractivity contribution in [3.63, 3.8) is 0 Å². The Morgan fingerprint density at radius 2 is 2.00 bits per heavy atom. The number of pyridine rings is 1. The predicted molar refractivity (Wildman–Crippen MR) is 91.8 cm³/mol. The molecule has 0 aliphatic rings. The molecule has 0 unspecified atom stereocenters. The maximum atomic E-state index is 11.9. The van der Waals surface area contributed by atoms with Crippen molar-refractivity contribution in [3.05, 3.63) is 65.4 Å². The van der Waals surface area contributed by atoms with Crippen molar-refractivity contribution in [2.45, 2.75) is 13.5 Å². The first-order chi connectivity index (χ1) is 11.6. The number of urea groups is 1. The van der Waals surface area contributed by atoms with Crippen LogP contribution in [0.5, 0.6) is 0 Å². The van der Waals surface area contributed by atoms with Crippen LogP contribution in [0, 0.1) is 6.92 Å². The lowest BCUT2D eigenvalue weighted by Gasteiger charge is -2.06. The predicted octanol–water partition coefficient (Wildman–Crippen LogP) is 4.02. The minimum atomic E-state index is -0.417. The molecule has 122 valence electrons. The van der Waals surface area contributed by atoms with Crippen molar-refractivity contribution >= 4 is 23.3 Å². The molecule has 0 spiro atoms. The van der Waals surface area contributed by atoms with Crippen LogP contribution in [0.1, 0.15) is 11.5 Å². The van der Waals surface area contributed by atoms with E-state index in [1.807, 2.05) is 31.2 Å². The first kappa shape index (κ1) is 16.0. The lowest BCUT2D eigenvalue weighted by Crippen LogP contribution is -2.28. The third-order valence-corrected chi connectivity index (χ3v) is 3.60. The maximum Gasteiger partial charge on any atom is 0.319 e. The normalized spacial score (nSPS) is 10.4. The SMILES string of the molecule is Cc1ccc(-c2cnc(CNC(=O)Nc3cccnc3Cl)o2)cc1. The van der Waals surface area contributed by atoms with Gasteiger partial charge in [0.05, 0.1) is 18.4 Å². The van der Waals surface area contributed by atoms with E-state index in [1.165, 1.54) is 5.56 Å². The van der Waals surface area contributed by atoms with E-state index in [4.69, 9.17) is 16.0 Å².